The Balaban J connectivity index is 1.99. The number of hydrogen-bond donors (Lipinski definition) is 1. The summed E-state index contributed by atoms with van der Waals surface area (Å²) in [6, 6.07) is 16.0. The van der Waals surface area contributed by atoms with Crippen LogP contribution in [-0.2, 0) is 6.42 Å². The van der Waals surface area contributed by atoms with Gasteiger partial charge in [-0.2, -0.15) is 0 Å². The normalized spacial score (nSPS) is 17.7. The molecule has 2 heteroatoms. The van der Waals surface area contributed by atoms with E-state index in [0.717, 1.165) is 24.3 Å². The minimum absolute atomic E-state index is 0.347. The lowest BCUT2D eigenvalue weighted by Gasteiger charge is -2.24. The maximum absolute atomic E-state index is 11.4. The van der Waals surface area contributed by atoms with Crippen molar-refractivity contribution in [3.63, 3.8) is 0 Å². The number of hydrogen-bond acceptors (Lipinski definition) is 1. The second kappa shape index (κ2) is 9.05. The number of rotatable bonds is 6. The summed E-state index contributed by atoms with van der Waals surface area (Å²) < 4.78 is 0. The molecule has 0 bridgehead atoms. The Hall–Kier alpha value is -2.61. The summed E-state index contributed by atoms with van der Waals surface area (Å²) in [5, 5.41) is 9.32. The van der Waals surface area contributed by atoms with Gasteiger partial charge in [-0.15, -0.1) is 0 Å². The summed E-state index contributed by atoms with van der Waals surface area (Å²) in [6.07, 6.45) is 7.95. The van der Waals surface area contributed by atoms with Gasteiger partial charge in [0.15, 0.2) is 0 Å². The highest BCUT2D eigenvalue weighted by molar-refractivity contribution is 5.88. The fraction of sp³-hybridized carbons (Fsp3) is 0.346. The van der Waals surface area contributed by atoms with Gasteiger partial charge in [-0.05, 0) is 79.9 Å². The van der Waals surface area contributed by atoms with Crippen LogP contribution in [-0.4, -0.2) is 11.1 Å². The summed E-state index contributed by atoms with van der Waals surface area (Å²) in [7, 11) is 0. The number of allylic oxidation sites excluding steroid dienone is 4. The fourth-order valence-electron chi connectivity index (χ4n) is 3.95. The molecule has 1 aliphatic carbocycles. The van der Waals surface area contributed by atoms with Gasteiger partial charge in [0.2, 0.25) is 0 Å². The first kappa shape index (κ1) is 20.1. The monoisotopic (exact) mass is 374 g/mol. The van der Waals surface area contributed by atoms with Crippen molar-refractivity contribution in [1.82, 2.24) is 0 Å². The highest BCUT2D eigenvalue weighted by atomic mass is 16.4. The van der Waals surface area contributed by atoms with E-state index in [9.17, 15) is 9.90 Å². The molecule has 0 saturated heterocycles. The van der Waals surface area contributed by atoms with Gasteiger partial charge in [0.25, 0.3) is 0 Å². The highest BCUT2D eigenvalue weighted by Gasteiger charge is 2.17. The predicted octanol–water partition coefficient (Wildman–Crippen LogP) is 6.85. The van der Waals surface area contributed by atoms with Crippen molar-refractivity contribution in [3.8, 4) is 0 Å². The van der Waals surface area contributed by atoms with Crippen molar-refractivity contribution in [3.05, 3.63) is 88.0 Å². The fourth-order valence-corrected chi connectivity index (χ4v) is 3.95. The van der Waals surface area contributed by atoms with Gasteiger partial charge in [-0.1, -0.05) is 67.0 Å². The van der Waals surface area contributed by atoms with Crippen LogP contribution in [0, 0.1) is 12.8 Å². The predicted molar refractivity (Wildman–Crippen MR) is 117 cm³/mol. The molecule has 28 heavy (non-hydrogen) atoms. The molecule has 1 atom stereocenters. The minimum atomic E-state index is -0.876. The Morgan fingerprint density at radius 3 is 2.54 bits per heavy atom. The molecule has 2 aromatic rings. The Morgan fingerprint density at radius 2 is 1.86 bits per heavy atom. The van der Waals surface area contributed by atoms with Crippen LogP contribution in [0.1, 0.15) is 66.6 Å². The zero-order valence-corrected chi connectivity index (χ0v) is 17.2. The minimum Gasteiger partial charge on any atom is -0.478 e. The summed E-state index contributed by atoms with van der Waals surface area (Å²) in [5.74, 6) is -0.108. The SMILES string of the molecule is CCC1CCC(C)=C(/C=C(\Cc2cccc(C(=O)O)c2)c2ccc(C)cc2)C1. The van der Waals surface area contributed by atoms with E-state index in [1.54, 1.807) is 12.1 Å². The van der Waals surface area contributed by atoms with Crippen molar-refractivity contribution in [1.29, 1.82) is 0 Å². The first-order chi connectivity index (χ1) is 13.5. The van der Waals surface area contributed by atoms with Crippen LogP contribution in [0.3, 0.4) is 0 Å². The zero-order valence-electron chi connectivity index (χ0n) is 17.2. The van der Waals surface area contributed by atoms with E-state index in [1.807, 2.05) is 12.1 Å². The van der Waals surface area contributed by atoms with E-state index in [1.165, 1.54) is 47.1 Å². The molecule has 0 amide bonds. The van der Waals surface area contributed by atoms with Crippen molar-refractivity contribution < 1.29 is 9.90 Å². The summed E-state index contributed by atoms with van der Waals surface area (Å²) >= 11 is 0. The number of carboxylic acid groups (broad SMARTS) is 1. The molecular formula is C26H30O2. The van der Waals surface area contributed by atoms with E-state index in [-0.39, 0.29) is 0 Å². The summed E-state index contributed by atoms with van der Waals surface area (Å²) in [5.41, 5.74) is 8.05. The Kier molecular flexibility index (Phi) is 6.51. The average Bonchev–Trinajstić information content (AvgIpc) is 2.70. The molecule has 0 saturated carbocycles. The van der Waals surface area contributed by atoms with Crippen LogP contribution < -0.4 is 0 Å². The molecule has 1 aliphatic rings. The topological polar surface area (TPSA) is 37.3 Å². The quantitative estimate of drug-likeness (QED) is 0.600. The van der Waals surface area contributed by atoms with E-state index in [0.29, 0.717) is 5.56 Å². The molecule has 0 spiro atoms. The van der Waals surface area contributed by atoms with E-state index in [2.05, 4.69) is 51.1 Å². The van der Waals surface area contributed by atoms with E-state index >= 15 is 0 Å². The van der Waals surface area contributed by atoms with Gasteiger partial charge in [-0.25, -0.2) is 4.79 Å². The van der Waals surface area contributed by atoms with E-state index in [4.69, 9.17) is 0 Å². The van der Waals surface area contributed by atoms with Crippen molar-refractivity contribution in [2.75, 3.05) is 0 Å². The molecular weight excluding hydrogens is 344 g/mol. The lowest BCUT2D eigenvalue weighted by Crippen LogP contribution is -2.08. The van der Waals surface area contributed by atoms with Gasteiger partial charge < -0.3 is 5.11 Å². The maximum Gasteiger partial charge on any atom is 0.335 e. The molecule has 146 valence electrons. The first-order valence-electron chi connectivity index (χ1n) is 10.2. The van der Waals surface area contributed by atoms with Crippen LogP contribution in [0.15, 0.2) is 65.8 Å². The van der Waals surface area contributed by atoms with Crippen LogP contribution in [0.5, 0.6) is 0 Å². The average molecular weight is 375 g/mol. The van der Waals surface area contributed by atoms with Crippen molar-refractivity contribution >= 4 is 11.5 Å². The van der Waals surface area contributed by atoms with Gasteiger partial charge in [0.05, 0.1) is 5.56 Å². The molecule has 1 unspecified atom stereocenters. The molecule has 2 aromatic carbocycles. The van der Waals surface area contributed by atoms with Crippen LogP contribution in [0.4, 0.5) is 0 Å². The summed E-state index contributed by atoms with van der Waals surface area (Å²) in [6.45, 7) is 6.64. The molecule has 0 fully saturated rings. The Bertz CT molecular complexity index is 900. The van der Waals surface area contributed by atoms with Crippen molar-refractivity contribution in [2.24, 2.45) is 5.92 Å². The number of carboxylic acids is 1. The molecule has 0 aromatic heterocycles. The smallest absolute Gasteiger partial charge is 0.335 e. The van der Waals surface area contributed by atoms with Gasteiger partial charge in [0, 0.05) is 0 Å². The Labute approximate surface area is 168 Å². The Morgan fingerprint density at radius 1 is 1.11 bits per heavy atom. The van der Waals surface area contributed by atoms with E-state index < -0.39 is 5.97 Å². The maximum atomic E-state index is 11.4. The number of aromatic carboxylic acids is 1. The largest absolute Gasteiger partial charge is 0.478 e. The molecule has 0 radical (unpaired) electrons. The second-order valence-corrected chi connectivity index (χ2v) is 8.04. The standard InChI is InChI=1S/C26H30O2/c1-4-20-11-10-19(3)24(14-20)17-25(22-12-8-18(2)9-13-22)16-21-6-5-7-23(15-21)26(27)28/h5-9,12-13,15,17,20H,4,10-11,14,16H2,1-3H3,(H,27,28)/b25-17+. The second-order valence-electron chi connectivity index (χ2n) is 8.04. The third-order valence-corrected chi connectivity index (χ3v) is 5.90. The first-order valence-corrected chi connectivity index (χ1v) is 10.2. The van der Waals surface area contributed by atoms with Crippen LogP contribution in [0.2, 0.25) is 0 Å². The number of carbonyl (C=O) groups is 1. The number of aryl methyl sites for hydroxylation is 1. The molecule has 0 heterocycles. The third-order valence-electron chi connectivity index (χ3n) is 5.90. The molecule has 0 aliphatic heterocycles. The van der Waals surface area contributed by atoms with Crippen LogP contribution in [0.25, 0.3) is 5.57 Å². The molecule has 1 N–H and O–H groups in total. The lowest BCUT2D eigenvalue weighted by atomic mass is 9.81. The van der Waals surface area contributed by atoms with Crippen molar-refractivity contribution in [2.45, 2.75) is 52.9 Å². The zero-order chi connectivity index (χ0) is 20.1. The molecule has 3 rings (SSSR count). The third kappa shape index (κ3) is 5.01. The van der Waals surface area contributed by atoms with Gasteiger partial charge in [0.1, 0.15) is 0 Å². The number of benzene rings is 2. The van der Waals surface area contributed by atoms with Crippen LogP contribution >= 0.6 is 0 Å². The highest BCUT2D eigenvalue weighted by Crippen LogP contribution is 2.34. The molecule has 2 nitrogen and oxygen atoms in total. The van der Waals surface area contributed by atoms with Gasteiger partial charge >= 0.3 is 5.97 Å². The summed E-state index contributed by atoms with van der Waals surface area (Å²) in [4.78, 5) is 11.4. The van der Waals surface area contributed by atoms with Gasteiger partial charge in [-0.3, -0.25) is 0 Å². The lowest BCUT2D eigenvalue weighted by molar-refractivity contribution is 0.0696.